The molecule has 0 fully saturated rings. The third-order valence-corrected chi connectivity index (χ3v) is 7.75. The number of amides is 3. The van der Waals surface area contributed by atoms with Gasteiger partial charge >= 0.3 is 6.03 Å². The lowest BCUT2D eigenvalue weighted by Crippen LogP contribution is -2.39. The molecule has 0 aliphatic heterocycles. The standard InChI is InChI=1S/C22H24N4O3S2/c1-11-8-9-14-16(10-11)31-19-17(14)20(28)26(15-7-5-4-6-12(15)2)22(25-19)30-13(3)18(27)24-21(23)29/h4-7,11,13H,8-10H2,1-3H3,(H3,23,24,27,29)/t11-,13+/m1/s1. The van der Waals surface area contributed by atoms with Gasteiger partial charge in [-0.05, 0) is 56.2 Å². The normalized spacial score (nSPS) is 16.7. The second-order valence-corrected chi connectivity index (χ2v) is 10.4. The zero-order valence-electron chi connectivity index (χ0n) is 17.6. The van der Waals surface area contributed by atoms with Crippen LogP contribution in [-0.4, -0.2) is 26.7 Å². The maximum absolute atomic E-state index is 13.8. The van der Waals surface area contributed by atoms with Crippen molar-refractivity contribution in [1.29, 1.82) is 0 Å². The molecule has 2 atom stereocenters. The summed E-state index contributed by atoms with van der Waals surface area (Å²) in [6.45, 7) is 5.82. The number of para-hydroxylation sites is 1. The molecule has 1 aliphatic carbocycles. The van der Waals surface area contributed by atoms with E-state index >= 15 is 0 Å². The van der Waals surface area contributed by atoms with Crippen LogP contribution >= 0.6 is 23.1 Å². The van der Waals surface area contributed by atoms with Crippen LogP contribution in [0.1, 0.15) is 36.3 Å². The largest absolute Gasteiger partial charge is 0.351 e. The topological polar surface area (TPSA) is 107 Å². The molecule has 0 spiro atoms. The molecule has 3 aromatic rings. The second kappa shape index (κ2) is 8.47. The molecule has 7 nitrogen and oxygen atoms in total. The monoisotopic (exact) mass is 456 g/mol. The van der Waals surface area contributed by atoms with Crippen LogP contribution in [0.15, 0.2) is 34.2 Å². The van der Waals surface area contributed by atoms with Crippen molar-refractivity contribution >= 4 is 45.3 Å². The van der Waals surface area contributed by atoms with Crippen LogP contribution in [0.4, 0.5) is 4.79 Å². The highest BCUT2D eigenvalue weighted by molar-refractivity contribution is 8.00. The Morgan fingerprint density at radius 2 is 2.10 bits per heavy atom. The fourth-order valence-corrected chi connectivity index (χ4v) is 6.26. The molecule has 0 saturated carbocycles. The van der Waals surface area contributed by atoms with Gasteiger partial charge in [0.25, 0.3) is 5.56 Å². The number of carbonyl (C=O) groups excluding carboxylic acids is 2. The van der Waals surface area contributed by atoms with Gasteiger partial charge < -0.3 is 5.73 Å². The number of imide groups is 1. The molecule has 1 aromatic carbocycles. The van der Waals surface area contributed by atoms with Gasteiger partial charge in [0, 0.05) is 4.88 Å². The molecule has 162 valence electrons. The first-order valence-electron chi connectivity index (χ1n) is 10.2. The van der Waals surface area contributed by atoms with Crippen molar-refractivity contribution in [3.63, 3.8) is 0 Å². The molecule has 3 N–H and O–H groups in total. The molecule has 0 radical (unpaired) electrons. The van der Waals surface area contributed by atoms with Gasteiger partial charge in [-0.15, -0.1) is 11.3 Å². The van der Waals surface area contributed by atoms with Crippen LogP contribution in [0.5, 0.6) is 0 Å². The lowest BCUT2D eigenvalue weighted by Gasteiger charge is -2.18. The number of carbonyl (C=O) groups is 2. The zero-order valence-corrected chi connectivity index (χ0v) is 19.2. The van der Waals surface area contributed by atoms with Crippen LogP contribution in [0, 0.1) is 12.8 Å². The first-order valence-corrected chi connectivity index (χ1v) is 11.9. The number of nitrogens with one attached hydrogen (secondary N) is 1. The molecule has 0 saturated heterocycles. The van der Waals surface area contributed by atoms with E-state index in [4.69, 9.17) is 10.7 Å². The molecule has 2 heterocycles. The summed E-state index contributed by atoms with van der Waals surface area (Å²) in [6.07, 6.45) is 2.90. The summed E-state index contributed by atoms with van der Waals surface area (Å²) in [5.41, 5.74) is 7.75. The van der Waals surface area contributed by atoms with E-state index in [1.807, 2.05) is 31.2 Å². The van der Waals surface area contributed by atoms with E-state index in [-0.39, 0.29) is 5.56 Å². The van der Waals surface area contributed by atoms with Crippen molar-refractivity contribution in [2.24, 2.45) is 11.7 Å². The Kier molecular flexibility index (Phi) is 5.90. The summed E-state index contributed by atoms with van der Waals surface area (Å²) in [5, 5.41) is 2.54. The van der Waals surface area contributed by atoms with E-state index in [1.165, 1.54) is 4.88 Å². The van der Waals surface area contributed by atoms with Gasteiger partial charge in [-0.25, -0.2) is 9.78 Å². The Balaban J connectivity index is 1.91. The average Bonchev–Trinajstić information content (AvgIpc) is 3.06. The van der Waals surface area contributed by atoms with Gasteiger partial charge in [0.1, 0.15) is 4.83 Å². The van der Waals surface area contributed by atoms with E-state index < -0.39 is 17.2 Å². The molecular weight excluding hydrogens is 432 g/mol. The Hall–Kier alpha value is -2.65. The number of thioether (sulfide) groups is 1. The summed E-state index contributed by atoms with van der Waals surface area (Å²) in [6, 6.07) is 6.70. The van der Waals surface area contributed by atoms with Crippen molar-refractivity contribution in [3.8, 4) is 5.69 Å². The summed E-state index contributed by atoms with van der Waals surface area (Å²) in [4.78, 5) is 43.9. The second-order valence-electron chi connectivity index (χ2n) is 7.97. The summed E-state index contributed by atoms with van der Waals surface area (Å²) >= 11 is 2.71. The van der Waals surface area contributed by atoms with E-state index in [9.17, 15) is 14.4 Å². The zero-order chi connectivity index (χ0) is 22.3. The summed E-state index contributed by atoms with van der Waals surface area (Å²) in [5.74, 6) is 0.0630. The maximum atomic E-state index is 13.8. The van der Waals surface area contributed by atoms with Gasteiger partial charge in [0.05, 0.1) is 16.3 Å². The minimum Gasteiger partial charge on any atom is -0.351 e. The lowest BCUT2D eigenvalue weighted by molar-refractivity contribution is -0.119. The number of hydrogen-bond donors (Lipinski definition) is 2. The molecule has 9 heteroatoms. The fourth-order valence-electron chi connectivity index (χ4n) is 3.91. The summed E-state index contributed by atoms with van der Waals surface area (Å²) in [7, 11) is 0. The van der Waals surface area contributed by atoms with Crippen LogP contribution < -0.4 is 16.6 Å². The van der Waals surface area contributed by atoms with Crippen LogP contribution in [0.3, 0.4) is 0 Å². The van der Waals surface area contributed by atoms with Gasteiger partial charge in [-0.1, -0.05) is 36.9 Å². The Bertz CT molecular complexity index is 1250. The molecule has 1 aliphatic rings. The Labute approximate surface area is 188 Å². The molecule has 0 unspecified atom stereocenters. The minimum absolute atomic E-state index is 0.114. The minimum atomic E-state index is -0.905. The highest BCUT2D eigenvalue weighted by Gasteiger charge is 2.27. The van der Waals surface area contributed by atoms with Gasteiger partial charge in [0.2, 0.25) is 5.91 Å². The highest BCUT2D eigenvalue weighted by atomic mass is 32.2. The number of hydrogen-bond acceptors (Lipinski definition) is 6. The Morgan fingerprint density at radius 3 is 2.81 bits per heavy atom. The van der Waals surface area contributed by atoms with Gasteiger partial charge in [-0.2, -0.15) is 0 Å². The highest BCUT2D eigenvalue weighted by Crippen LogP contribution is 2.37. The molecule has 31 heavy (non-hydrogen) atoms. The lowest BCUT2D eigenvalue weighted by atomic mass is 9.89. The third kappa shape index (κ3) is 4.12. The van der Waals surface area contributed by atoms with Crippen LogP contribution in [0.2, 0.25) is 0 Å². The molecule has 2 aromatic heterocycles. The predicted molar refractivity (Wildman–Crippen MR) is 124 cm³/mol. The first-order chi connectivity index (χ1) is 14.8. The summed E-state index contributed by atoms with van der Waals surface area (Å²) < 4.78 is 1.60. The maximum Gasteiger partial charge on any atom is 0.318 e. The van der Waals surface area contributed by atoms with Crippen molar-refractivity contribution in [2.45, 2.75) is 50.4 Å². The number of benzene rings is 1. The number of urea groups is 1. The number of nitrogens with zero attached hydrogens (tertiary/aromatic N) is 2. The smallest absolute Gasteiger partial charge is 0.318 e. The fraction of sp³-hybridized carbons (Fsp3) is 0.364. The van der Waals surface area contributed by atoms with Gasteiger partial charge in [-0.3, -0.25) is 19.5 Å². The number of primary amides is 1. The molecule has 0 bridgehead atoms. The number of thiophene rings is 1. The quantitative estimate of drug-likeness (QED) is 0.461. The molecule has 4 rings (SSSR count). The van der Waals surface area contributed by atoms with Crippen molar-refractivity contribution in [1.82, 2.24) is 14.9 Å². The number of rotatable bonds is 4. The number of nitrogens with two attached hydrogens (primary N) is 1. The van der Waals surface area contributed by atoms with E-state index in [1.54, 1.807) is 22.8 Å². The third-order valence-electron chi connectivity index (χ3n) is 5.55. The van der Waals surface area contributed by atoms with Crippen LogP contribution in [0.25, 0.3) is 15.9 Å². The van der Waals surface area contributed by atoms with Crippen molar-refractivity contribution in [2.75, 3.05) is 0 Å². The van der Waals surface area contributed by atoms with Crippen LogP contribution in [-0.2, 0) is 17.6 Å². The Morgan fingerprint density at radius 1 is 1.35 bits per heavy atom. The number of fused-ring (bicyclic) bond motifs is 3. The number of aromatic nitrogens is 2. The van der Waals surface area contributed by atoms with E-state index in [0.717, 1.165) is 47.8 Å². The predicted octanol–water partition coefficient (Wildman–Crippen LogP) is 3.56. The first kappa shape index (κ1) is 21.6. The van der Waals surface area contributed by atoms with E-state index in [0.29, 0.717) is 21.3 Å². The molecular formula is C22H24N4O3S2. The van der Waals surface area contributed by atoms with Gasteiger partial charge in [0.15, 0.2) is 5.16 Å². The number of aryl methyl sites for hydroxylation is 2. The average molecular weight is 457 g/mol. The van der Waals surface area contributed by atoms with E-state index in [2.05, 4.69) is 12.2 Å². The van der Waals surface area contributed by atoms with Crippen molar-refractivity contribution < 1.29 is 9.59 Å². The SMILES string of the molecule is Cc1ccccc1-n1c(S[C@@H](C)C(=O)NC(N)=O)nc2sc3c(c2c1=O)CC[C@@H](C)C3. The van der Waals surface area contributed by atoms with Crippen molar-refractivity contribution in [3.05, 3.63) is 50.6 Å². The molecule has 3 amide bonds.